The third-order valence-corrected chi connectivity index (χ3v) is 8.60. The molecule has 0 N–H and O–H groups in total. The molecule has 2 aromatic carbocycles. The number of aromatic nitrogens is 1. The Labute approximate surface area is 181 Å². The van der Waals surface area contributed by atoms with Crippen LogP contribution in [-0.4, -0.2) is 48.4 Å². The maximum atomic E-state index is 13.1. The fourth-order valence-electron chi connectivity index (χ4n) is 4.83. The molecule has 3 heterocycles. The second kappa shape index (κ2) is 7.93. The number of hydrogen-bond acceptors (Lipinski definition) is 5. The summed E-state index contributed by atoms with van der Waals surface area (Å²) < 4.78 is 34.4. The molecule has 0 atom stereocenters. The molecule has 8 heteroatoms. The lowest BCUT2D eigenvalue weighted by molar-refractivity contribution is 0.171. The van der Waals surface area contributed by atoms with Crippen molar-refractivity contribution in [1.82, 2.24) is 13.8 Å². The summed E-state index contributed by atoms with van der Waals surface area (Å²) in [5.74, 6) is 0.0111. The Bertz CT molecular complexity index is 1270. The van der Waals surface area contributed by atoms with Crippen molar-refractivity contribution in [3.8, 4) is 0 Å². The molecule has 1 aromatic heterocycles. The molecule has 0 saturated carbocycles. The van der Waals surface area contributed by atoms with E-state index in [1.165, 1.54) is 21.8 Å². The first kappa shape index (κ1) is 20.5. The molecule has 0 radical (unpaired) electrons. The van der Waals surface area contributed by atoms with Crippen LogP contribution < -0.4 is 5.76 Å². The molecule has 1 saturated heterocycles. The van der Waals surface area contributed by atoms with Crippen LogP contribution in [0.5, 0.6) is 0 Å². The van der Waals surface area contributed by atoms with Gasteiger partial charge in [0.2, 0.25) is 10.0 Å². The fourth-order valence-corrected chi connectivity index (χ4v) is 6.32. The number of piperidine rings is 1. The van der Waals surface area contributed by atoms with Gasteiger partial charge >= 0.3 is 5.76 Å². The average Bonchev–Trinajstić information content (AvgIpc) is 3.07. The largest absolute Gasteiger partial charge is 0.419 e. The molecule has 3 aromatic rings. The van der Waals surface area contributed by atoms with Gasteiger partial charge in [-0.25, -0.2) is 13.2 Å². The first-order chi connectivity index (χ1) is 14.9. The van der Waals surface area contributed by atoms with Gasteiger partial charge in [-0.1, -0.05) is 24.3 Å². The minimum Gasteiger partial charge on any atom is -0.408 e. The molecular formula is C23H27N3O4S. The summed E-state index contributed by atoms with van der Waals surface area (Å²) in [6, 6.07) is 13.3. The Morgan fingerprint density at radius 3 is 2.55 bits per heavy atom. The SMILES string of the molecule is Cn1c(=O)oc2cc(S(=O)(=O)N3CCC(CN4CCc5ccccc5C4)CC3)ccc21. The Balaban J connectivity index is 1.23. The monoisotopic (exact) mass is 441 g/mol. The van der Waals surface area contributed by atoms with Crippen LogP contribution in [0.2, 0.25) is 0 Å². The molecule has 5 rings (SSSR count). The van der Waals surface area contributed by atoms with Gasteiger partial charge in [0, 0.05) is 45.8 Å². The number of hydrogen-bond donors (Lipinski definition) is 0. The van der Waals surface area contributed by atoms with E-state index >= 15 is 0 Å². The van der Waals surface area contributed by atoms with Crippen LogP contribution in [0.15, 0.2) is 56.6 Å². The van der Waals surface area contributed by atoms with Crippen LogP contribution in [0, 0.1) is 5.92 Å². The maximum Gasteiger partial charge on any atom is 0.419 e. The average molecular weight is 442 g/mol. The first-order valence-corrected chi connectivity index (χ1v) is 12.2. The molecule has 7 nitrogen and oxygen atoms in total. The van der Waals surface area contributed by atoms with Crippen molar-refractivity contribution in [1.29, 1.82) is 0 Å². The Morgan fingerprint density at radius 2 is 1.77 bits per heavy atom. The quantitative estimate of drug-likeness (QED) is 0.622. The standard InChI is InChI=1S/C23H27N3O4S/c1-24-21-7-6-20(14-22(21)30-23(24)27)31(28,29)26-12-8-17(9-13-26)15-25-11-10-18-4-2-3-5-19(18)16-25/h2-7,14,17H,8-13,15-16H2,1H3. The van der Waals surface area contributed by atoms with Crippen molar-refractivity contribution >= 4 is 21.1 Å². The topological polar surface area (TPSA) is 75.8 Å². The Kier molecular flexibility index (Phi) is 5.24. The van der Waals surface area contributed by atoms with E-state index in [-0.39, 0.29) is 4.90 Å². The minimum absolute atomic E-state index is 0.181. The van der Waals surface area contributed by atoms with E-state index in [1.807, 2.05) is 0 Å². The minimum atomic E-state index is -3.61. The highest BCUT2D eigenvalue weighted by molar-refractivity contribution is 7.89. The summed E-state index contributed by atoms with van der Waals surface area (Å²) in [5.41, 5.74) is 3.75. The second-order valence-corrected chi connectivity index (χ2v) is 10.6. The van der Waals surface area contributed by atoms with Crippen LogP contribution in [0.4, 0.5) is 0 Å². The number of sulfonamides is 1. The van der Waals surface area contributed by atoms with E-state index in [1.54, 1.807) is 23.5 Å². The van der Waals surface area contributed by atoms with E-state index in [4.69, 9.17) is 4.42 Å². The molecule has 1 fully saturated rings. The van der Waals surface area contributed by atoms with Gasteiger partial charge in [-0.3, -0.25) is 9.47 Å². The van der Waals surface area contributed by atoms with Crippen LogP contribution in [-0.2, 0) is 30.0 Å². The summed E-state index contributed by atoms with van der Waals surface area (Å²) >= 11 is 0. The number of fused-ring (bicyclic) bond motifs is 2. The molecule has 0 aliphatic carbocycles. The Hall–Kier alpha value is -2.42. The summed E-state index contributed by atoms with van der Waals surface area (Å²) in [5, 5.41) is 0. The van der Waals surface area contributed by atoms with Crippen LogP contribution in [0.25, 0.3) is 11.1 Å². The van der Waals surface area contributed by atoms with Gasteiger partial charge in [-0.15, -0.1) is 0 Å². The summed E-state index contributed by atoms with van der Waals surface area (Å²) in [4.78, 5) is 14.4. The lowest BCUT2D eigenvalue weighted by Crippen LogP contribution is -2.42. The highest BCUT2D eigenvalue weighted by Crippen LogP contribution is 2.27. The second-order valence-electron chi connectivity index (χ2n) is 8.66. The van der Waals surface area contributed by atoms with Crippen LogP contribution in [0.3, 0.4) is 0 Å². The molecule has 0 spiro atoms. The van der Waals surface area contributed by atoms with Crippen molar-refractivity contribution in [3.63, 3.8) is 0 Å². The number of oxazole rings is 1. The summed E-state index contributed by atoms with van der Waals surface area (Å²) in [6.45, 7) is 4.11. The lowest BCUT2D eigenvalue weighted by Gasteiger charge is -2.36. The van der Waals surface area contributed by atoms with Gasteiger partial charge in [-0.2, -0.15) is 4.31 Å². The van der Waals surface area contributed by atoms with Crippen molar-refractivity contribution < 1.29 is 12.8 Å². The molecule has 164 valence electrons. The number of rotatable bonds is 4. The molecule has 0 amide bonds. The number of aryl methyl sites for hydroxylation is 1. The van der Waals surface area contributed by atoms with Crippen molar-refractivity contribution in [3.05, 3.63) is 64.1 Å². The molecule has 2 aliphatic heterocycles. The van der Waals surface area contributed by atoms with Crippen molar-refractivity contribution in [2.24, 2.45) is 13.0 Å². The first-order valence-electron chi connectivity index (χ1n) is 10.8. The smallest absolute Gasteiger partial charge is 0.408 e. The molecule has 0 unspecified atom stereocenters. The molecule has 31 heavy (non-hydrogen) atoms. The highest BCUT2D eigenvalue weighted by atomic mass is 32.2. The van der Waals surface area contributed by atoms with Gasteiger partial charge < -0.3 is 4.42 Å². The highest BCUT2D eigenvalue weighted by Gasteiger charge is 2.31. The third kappa shape index (κ3) is 3.84. The zero-order valence-corrected chi connectivity index (χ0v) is 18.5. The van der Waals surface area contributed by atoms with E-state index in [2.05, 4.69) is 29.2 Å². The number of nitrogens with zero attached hydrogens (tertiary/aromatic N) is 3. The van der Waals surface area contributed by atoms with Gasteiger partial charge in [0.1, 0.15) is 0 Å². The molecular weight excluding hydrogens is 414 g/mol. The van der Waals surface area contributed by atoms with Crippen molar-refractivity contribution in [2.45, 2.75) is 30.7 Å². The van der Waals surface area contributed by atoms with Crippen LogP contribution >= 0.6 is 0 Å². The fraction of sp³-hybridized carbons (Fsp3) is 0.435. The maximum absolute atomic E-state index is 13.1. The van der Waals surface area contributed by atoms with E-state index in [0.29, 0.717) is 30.1 Å². The predicted octanol–water partition coefficient (Wildman–Crippen LogP) is 2.59. The van der Waals surface area contributed by atoms with Gasteiger partial charge in [-0.05, 0) is 48.4 Å². The van der Waals surface area contributed by atoms with E-state index in [9.17, 15) is 13.2 Å². The number of benzene rings is 2. The molecule has 2 aliphatic rings. The Morgan fingerprint density at radius 1 is 1.03 bits per heavy atom. The van der Waals surface area contributed by atoms with Crippen molar-refractivity contribution in [2.75, 3.05) is 26.2 Å². The van der Waals surface area contributed by atoms with Gasteiger partial charge in [0.05, 0.1) is 10.4 Å². The summed E-state index contributed by atoms with van der Waals surface area (Å²) in [6.07, 6.45) is 2.81. The zero-order valence-electron chi connectivity index (χ0n) is 17.7. The van der Waals surface area contributed by atoms with Gasteiger partial charge in [0.25, 0.3) is 0 Å². The van der Waals surface area contributed by atoms with Crippen LogP contribution in [0.1, 0.15) is 24.0 Å². The van der Waals surface area contributed by atoms with Gasteiger partial charge in [0.15, 0.2) is 5.58 Å². The lowest BCUT2D eigenvalue weighted by atomic mass is 9.94. The summed E-state index contributed by atoms with van der Waals surface area (Å²) in [7, 11) is -2.00. The third-order valence-electron chi connectivity index (χ3n) is 6.70. The molecule has 0 bridgehead atoms. The van der Waals surface area contributed by atoms with E-state index < -0.39 is 15.8 Å². The van der Waals surface area contributed by atoms with E-state index in [0.717, 1.165) is 38.9 Å². The normalized spacial score (nSPS) is 19.0. The zero-order chi connectivity index (χ0) is 21.6. The predicted molar refractivity (Wildman–Crippen MR) is 118 cm³/mol.